The lowest BCUT2D eigenvalue weighted by Gasteiger charge is -2.21. The molecule has 0 spiro atoms. The van der Waals surface area contributed by atoms with Crippen molar-refractivity contribution in [1.29, 1.82) is 0 Å². The van der Waals surface area contributed by atoms with Crippen LogP contribution in [0.15, 0.2) is 0 Å². The van der Waals surface area contributed by atoms with Crippen LogP contribution >= 0.6 is 11.3 Å². The highest BCUT2D eigenvalue weighted by molar-refractivity contribution is 7.19. The second kappa shape index (κ2) is 6.56. The number of nitrogens with two attached hydrogens (primary N) is 2. The van der Waals surface area contributed by atoms with Gasteiger partial charge in [0.25, 0.3) is 5.91 Å². The first-order valence-corrected chi connectivity index (χ1v) is 7.29. The Balaban J connectivity index is 3.37. The zero-order chi connectivity index (χ0) is 14.6. The van der Waals surface area contributed by atoms with Gasteiger partial charge in [0.05, 0.1) is 16.1 Å². The Hall–Kier alpha value is -1.56. The molecule has 0 bridgehead atoms. The monoisotopic (exact) mass is 283 g/mol. The normalized spacial score (nSPS) is 10.5. The van der Waals surface area contributed by atoms with E-state index in [2.05, 4.69) is 6.92 Å². The molecular weight excluding hydrogens is 262 g/mol. The zero-order valence-electron chi connectivity index (χ0n) is 11.7. The zero-order valence-corrected chi connectivity index (χ0v) is 12.5. The van der Waals surface area contributed by atoms with Gasteiger partial charge in [0.2, 0.25) is 0 Å². The van der Waals surface area contributed by atoms with Crippen molar-refractivity contribution >= 4 is 33.7 Å². The minimum Gasteiger partial charge on any atom is -0.397 e. The van der Waals surface area contributed by atoms with Crippen molar-refractivity contribution in [2.75, 3.05) is 23.7 Å². The second-order valence-electron chi connectivity index (χ2n) is 4.25. The van der Waals surface area contributed by atoms with Crippen molar-refractivity contribution in [3.8, 4) is 0 Å². The average Bonchev–Trinajstić information content (AvgIpc) is 2.72. The summed E-state index contributed by atoms with van der Waals surface area (Å²) in [5.74, 6) is -0.628. The molecule has 19 heavy (non-hydrogen) atoms. The summed E-state index contributed by atoms with van der Waals surface area (Å²) in [6, 6.07) is 0. The molecule has 6 heteroatoms. The van der Waals surface area contributed by atoms with Crippen LogP contribution in [0, 0.1) is 0 Å². The molecule has 0 unspecified atom stereocenters. The summed E-state index contributed by atoms with van der Waals surface area (Å²) in [6.45, 7) is 7.37. The largest absolute Gasteiger partial charge is 0.397 e. The Morgan fingerprint density at radius 1 is 1.26 bits per heavy atom. The van der Waals surface area contributed by atoms with E-state index in [1.54, 1.807) is 6.92 Å². The third kappa shape index (κ3) is 3.07. The number of primary amides is 1. The summed E-state index contributed by atoms with van der Waals surface area (Å²) >= 11 is 1.27. The number of anilines is 2. The van der Waals surface area contributed by atoms with E-state index in [1.165, 1.54) is 11.3 Å². The van der Waals surface area contributed by atoms with E-state index in [0.29, 0.717) is 16.3 Å². The molecule has 1 heterocycles. The fourth-order valence-electron chi connectivity index (χ4n) is 1.93. The van der Waals surface area contributed by atoms with E-state index in [-0.39, 0.29) is 17.0 Å². The molecule has 1 aromatic rings. The molecule has 0 atom stereocenters. The van der Waals surface area contributed by atoms with Crippen molar-refractivity contribution in [3.05, 3.63) is 10.4 Å². The highest BCUT2D eigenvalue weighted by Gasteiger charge is 2.25. The third-order valence-corrected chi connectivity index (χ3v) is 4.22. The van der Waals surface area contributed by atoms with Crippen LogP contribution in [0.25, 0.3) is 0 Å². The van der Waals surface area contributed by atoms with E-state index >= 15 is 0 Å². The van der Waals surface area contributed by atoms with E-state index in [4.69, 9.17) is 11.5 Å². The topological polar surface area (TPSA) is 89.4 Å². The van der Waals surface area contributed by atoms with Gasteiger partial charge in [-0.05, 0) is 13.3 Å². The fraction of sp³-hybridized carbons (Fsp3) is 0.538. The SMILES string of the molecule is CCCN(CC)c1sc(C(=O)CC)c(N)c1C(N)=O. The molecule has 0 fully saturated rings. The third-order valence-electron chi connectivity index (χ3n) is 2.91. The maximum absolute atomic E-state index is 11.9. The van der Waals surface area contributed by atoms with Crippen molar-refractivity contribution in [2.24, 2.45) is 5.73 Å². The number of carbonyl (C=O) groups is 2. The number of nitrogen functional groups attached to an aromatic ring is 1. The molecule has 0 aliphatic heterocycles. The molecule has 0 saturated carbocycles. The van der Waals surface area contributed by atoms with Crippen molar-refractivity contribution in [1.82, 2.24) is 0 Å². The van der Waals surface area contributed by atoms with Crippen LogP contribution in [-0.4, -0.2) is 24.8 Å². The molecule has 1 aromatic heterocycles. The van der Waals surface area contributed by atoms with Gasteiger partial charge in [-0.25, -0.2) is 0 Å². The maximum Gasteiger partial charge on any atom is 0.253 e. The van der Waals surface area contributed by atoms with Gasteiger partial charge in [0, 0.05) is 19.5 Å². The highest BCUT2D eigenvalue weighted by atomic mass is 32.1. The van der Waals surface area contributed by atoms with Crippen molar-refractivity contribution in [3.63, 3.8) is 0 Å². The molecule has 0 radical (unpaired) electrons. The summed E-state index contributed by atoms with van der Waals surface area (Å²) in [7, 11) is 0. The Labute approximate surface area is 117 Å². The quantitative estimate of drug-likeness (QED) is 0.751. The molecule has 1 amide bonds. The lowest BCUT2D eigenvalue weighted by molar-refractivity contribution is 0.0991. The molecule has 106 valence electrons. The fourth-order valence-corrected chi connectivity index (χ4v) is 3.26. The van der Waals surface area contributed by atoms with Crippen LogP contribution in [-0.2, 0) is 0 Å². The van der Waals surface area contributed by atoms with Gasteiger partial charge in [0.1, 0.15) is 5.00 Å². The first-order chi connectivity index (χ1) is 8.97. The minimum atomic E-state index is -0.576. The predicted octanol–water partition coefficient (Wildman–Crippen LogP) is 2.26. The maximum atomic E-state index is 11.9. The summed E-state index contributed by atoms with van der Waals surface area (Å²) in [5, 5.41) is 0.714. The number of rotatable bonds is 7. The molecular formula is C13H21N3O2S. The number of hydrogen-bond acceptors (Lipinski definition) is 5. The van der Waals surface area contributed by atoms with Gasteiger partial charge in [0.15, 0.2) is 5.78 Å². The van der Waals surface area contributed by atoms with E-state index < -0.39 is 5.91 Å². The summed E-state index contributed by atoms with van der Waals surface area (Å²) in [5.41, 5.74) is 11.9. The summed E-state index contributed by atoms with van der Waals surface area (Å²) in [4.78, 5) is 25.9. The van der Waals surface area contributed by atoms with Crippen LogP contribution in [0.2, 0.25) is 0 Å². The lowest BCUT2D eigenvalue weighted by Crippen LogP contribution is -2.25. The second-order valence-corrected chi connectivity index (χ2v) is 5.24. The number of nitrogens with zero attached hydrogens (tertiary/aromatic N) is 1. The Morgan fingerprint density at radius 2 is 1.89 bits per heavy atom. The van der Waals surface area contributed by atoms with Crippen molar-refractivity contribution in [2.45, 2.75) is 33.6 Å². The average molecular weight is 283 g/mol. The minimum absolute atomic E-state index is 0.0520. The first kappa shape index (κ1) is 15.5. The Morgan fingerprint density at radius 3 is 2.32 bits per heavy atom. The number of amides is 1. The van der Waals surface area contributed by atoms with Gasteiger partial charge < -0.3 is 16.4 Å². The van der Waals surface area contributed by atoms with Gasteiger partial charge in [-0.15, -0.1) is 11.3 Å². The van der Waals surface area contributed by atoms with Crippen LogP contribution < -0.4 is 16.4 Å². The van der Waals surface area contributed by atoms with E-state index in [0.717, 1.165) is 19.5 Å². The smallest absolute Gasteiger partial charge is 0.253 e. The number of Topliss-reactive ketones (excluding diaryl/α,β-unsaturated/α-hetero) is 1. The van der Waals surface area contributed by atoms with Crippen molar-refractivity contribution < 1.29 is 9.59 Å². The first-order valence-electron chi connectivity index (χ1n) is 6.47. The van der Waals surface area contributed by atoms with E-state index in [9.17, 15) is 9.59 Å². The number of thiophene rings is 1. The van der Waals surface area contributed by atoms with Crippen LogP contribution in [0.1, 0.15) is 53.6 Å². The number of ketones is 1. The highest BCUT2D eigenvalue weighted by Crippen LogP contribution is 2.38. The predicted molar refractivity (Wildman–Crippen MR) is 80.0 cm³/mol. The molecule has 4 N–H and O–H groups in total. The Bertz CT molecular complexity index is 482. The van der Waals surface area contributed by atoms with Gasteiger partial charge in [-0.3, -0.25) is 9.59 Å². The molecule has 1 rings (SSSR count). The van der Waals surface area contributed by atoms with Crippen LogP contribution in [0.4, 0.5) is 10.7 Å². The molecule has 0 aromatic carbocycles. The number of carbonyl (C=O) groups excluding carboxylic acids is 2. The molecule has 0 aliphatic carbocycles. The molecule has 5 nitrogen and oxygen atoms in total. The summed E-state index contributed by atoms with van der Waals surface area (Å²) in [6.07, 6.45) is 1.31. The lowest BCUT2D eigenvalue weighted by atomic mass is 10.1. The molecule has 0 aliphatic rings. The van der Waals surface area contributed by atoms with Crippen LogP contribution in [0.5, 0.6) is 0 Å². The molecule has 0 saturated heterocycles. The van der Waals surface area contributed by atoms with E-state index in [1.807, 2.05) is 11.8 Å². The van der Waals surface area contributed by atoms with Crippen LogP contribution in [0.3, 0.4) is 0 Å². The Kier molecular flexibility index (Phi) is 5.35. The van der Waals surface area contributed by atoms with Gasteiger partial charge in [-0.1, -0.05) is 13.8 Å². The van der Waals surface area contributed by atoms with Gasteiger partial charge >= 0.3 is 0 Å². The standard InChI is InChI=1S/C13H21N3O2S/c1-4-7-16(6-3)13-9(12(15)18)10(14)11(19-13)8(17)5-2/h4-7,14H2,1-3H3,(H2,15,18). The summed E-state index contributed by atoms with van der Waals surface area (Å²) < 4.78 is 0. The van der Waals surface area contributed by atoms with Gasteiger partial charge in [-0.2, -0.15) is 0 Å². The number of hydrogen-bond donors (Lipinski definition) is 2.